The van der Waals surface area contributed by atoms with Crippen molar-refractivity contribution < 1.29 is 0 Å². The van der Waals surface area contributed by atoms with Crippen LogP contribution >= 0.6 is 0 Å². The molecule has 0 aromatic rings. The van der Waals surface area contributed by atoms with E-state index in [0.29, 0.717) is 0 Å². The van der Waals surface area contributed by atoms with E-state index in [1.54, 1.807) is 5.20 Å². The van der Waals surface area contributed by atoms with Crippen LogP contribution in [0.4, 0.5) is 0 Å². The molecule has 1 radical (unpaired) electrons. The first kappa shape index (κ1) is 6.81. The Bertz CT molecular complexity index is 163. The van der Waals surface area contributed by atoms with Gasteiger partial charge in [-0.2, -0.15) is 0 Å². The predicted octanol–water partition coefficient (Wildman–Crippen LogP) is 2.09. The molecule has 0 amide bonds. The van der Waals surface area contributed by atoms with Crippen molar-refractivity contribution in [3.05, 3.63) is 22.9 Å². The summed E-state index contributed by atoms with van der Waals surface area (Å²) < 4.78 is 0. The van der Waals surface area contributed by atoms with Crippen LogP contribution in [-0.4, -0.2) is 8.80 Å². The maximum Gasteiger partial charge on any atom is 0.0646 e. The molecule has 0 aliphatic heterocycles. The van der Waals surface area contributed by atoms with Gasteiger partial charge >= 0.3 is 0 Å². The van der Waals surface area contributed by atoms with E-state index in [0.717, 1.165) is 6.42 Å². The standard InChI is InChI=1S/C8H13Si/c1-7-5-4-6-8(7)9(2)3/h6,9H,4H2,1-3H3. The highest BCUT2D eigenvalue weighted by molar-refractivity contribution is 6.65. The Morgan fingerprint density at radius 3 is 2.44 bits per heavy atom. The Morgan fingerprint density at radius 2 is 2.22 bits per heavy atom. The van der Waals surface area contributed by atoms with Crippen molar-refractivity contribution in [2.45, 2.75) is 26.4 Å². The summed E-state index contributed by atoms with van der Waals surface area (Å²) in [6.07, 6.45) is 6.70. The second kappa shape index (κ2) is 2.52. The minimum absolute atomic E-state index is 0.519. The summed E-state index contributed by atoms with van der Waals surface area (Å²) in [6, 6.07) is 0. The number of hydrogen-bond acceptors (Lipinski definition) is 0. The average molecular weight is 137 g/mol. The molecule has 1 aliphatic carbocycles. The quantitative estimate of drug-likeness (QED) is 0.485. The first-order chi connectivity index (χ1) is 4.22. The van der Waals surface area contributed by atoms with Crippen molar-refractivity contribution in [2.75, 3.05) is 0 Å². The van der Waals surface area contributed by atoms with E-state index in [2.05, 4.69) is 32.2 Å². The van der Waals surface area contributed by atoms with E-state index < -0.39 is 8.80 Å². The minimum atomic E-state index is -0.519. The van der Waals surface area contributed by atoms with E-state index in [9.17, 15) is 0 Å². The highest BCUT2D eigenvalue weighted by atomic mass is 28.3. The van der Waals surface area contributed by atoms with Gasteiger partial charge in [-0.25, -0.2) is 0 Å². The Kier molecular flexibility index (Phi) is 1.91. The normalized spacial score (nSPS) is 18.2. The maximum atomic E-state index is 3.31. The van der Waals surface area contributed by atoms with Gasteiger partial charge in [-0.3, -0.25) is 0 Å². The first-order valence-electron chi connectivity index (χ1n) is 3.49. The molecule has 1 aliphatic rings. The lowest BCUT2D eigenvalue weighted by molar-refractivity contribution is 1.36. The van der Waals surface area contributed by atoms with E-state index in [1.165, 1.54) is 5.57 Å². The van der Waals surface area contributed by atoms with Crippen molar-refractivity contribution in [1.82, 2.24) is 0 Å². The van der Waals surface area contributed by atoms with Crippen LogP contribution in [0.5, 0.6) is 0 Å². The van der Waals surface area contributed by atoms with Crippen LogP contribution in [0.15, 0.2) is 16.8 Å². The molecule has 0 N–H and O–H groups in total. The number of hydrogen-bond donors (Lipinski definition) is 0. The molecule has 0 fully saturated rings. The number of allylic oxidation sites excluding steroid dienone is 4. The van der Waals surface area contributed by atoms with Gasteiger partial charge < -0.3 is 0 Å². The molecule has 0 saturated heterocycles. The van der Waals surface area contributed by atoms with Crippen molar-refractivity contribution in [3.63, 3.8) is 0 Å². The zero-order chi connectivity index (χ0) is 6.85. The van der Waals surface area contributed by atoms with Gasteiger partial charge in [0.15, 0.2) is 0 Å². The molecule has 0 aromatic carbocycles. The highest BCUT2D eigenvalue weighted by Crippen LogP contribution is 2.19. The lowest BCUT2D eigenvalue weighted by Gasteiger charge is -2.04. The molecule has 0 saturated carbocycles. The molecule has 9 heavy (non-hydrogen) atoms. The topological polar surface area (TPSA) is 0 Å². The Labute approximate surface area is 58.9 Å². The van der Waals surface area contributed by atoms with Crippen LogP contribution in [0.25, 0.3) is 0 Å². The summed E-state index contributed by atoms with van der Waals surface area (Å²) in [5.74, 6) is 0. The second-order valence-electron chi connectivity index (χ2n) is 2.82. The molecule has 0 atom stereocenters. The molecule has 0 spiro atoms. The van der Waals surface area contributed by atoms with Gasteiger partial charge in [-0.15, -0.1) is 0 Å². The van der Waals surface area contributed by atoms with Gasteiger partial charge in [-0.05, 0) is 25.0 Å². The third kappa shape index (κ3) is 1.33. The lowest BCUT2D eigenvalue weighted by Crippen LogP contribution is -2.04. The van der Waals surface area contributed by atoms with Crippen LogP contribution in [0.2, 0.25) is 13.1 Å². The van der Waals surface area contributed by atoms with Gasteiger partial charge in [0.25, 0.3) is 0 Å². The Hall–Kier alpha value is -0.303. The van der Waals surface area contributed by atoms with E-state index in [-0.39, 0.29) is 0 Å². The van der Waals surface area contributed by atoms with Crippen molar-refractivity contribution in [2.24, 2.45) is 0 Å². The third-order valence-corrected chi connectivity index (χ3v) is 3.66. The lowest BCUT2D eigenvalue weighted by atomic mass is 10.3. The van der Waals surface area contributed by atoms with E-state index >= 15 is 0 Å². The van der Waals surface area contributed by atoms with Crippen LogP contribution in [0.3, 0.4) is 0 Å². The average Bonchev–Trinajstić information content (AvgIpc) is 2.13. The summed E-state index contributed by atoms with van der Waals surface area (Å²) >= 11 is 0. The summed E-state index contributed by atoms with van der Waals surface area (Å²) in [6.45, 7) is 6.90. The van der Waals surface area contributed by atoms with E-state index in [4.69, 9.17) is 0 Å². The summed E-state index contributed by atoms with van der Waals surface area (Å²) in [5.41, 5.74) is 1.41. The fourth-order valence-electron chi connectivity index (χ4n) is 1.24. The zero-order valence-corrected chi connectivity index (χ0v) is 7.52. The van der Waals surface area contributed by atoms with Gasteiger partial charge in [0.1, 0.15) is 0 Å². The summed E-state index contributed by atoms with van der Waals surface area (Å²) in [4.78, 5) is 0. The Morgan fingerprint density at radius 1 is 1.56 bits per heavy atom. The largest absolute Gasteiger partial charge is 0.0809 e. The molecule has 1 rings (SSSR count). The van der Waals surface area contributed by atoms with Crippen LogP contribution in [0, 0.1) is 6.08 Å². The fourth-order valence-corrected chi connectivity index (χ4v) is 2.80. The molecule has 0 nitrogen and oxygen atoms in total. The molecular weight excluding hydrogens is 124 g/mol. The van der Waals surface area contributed by atoms with Gasteiger partial charge in [0.05, 0.1) is 8.80 Å². The zero-order valence-electron chi connectivity index (χ0n) is 6.36. The third-order valence-electron chi connectivity index (χ3n) is 1.74. The predicted molar refractivity (Wildman–Crippen MR) is 44.0 cm³/mol. The molecule has 49 valence electrons. The molecule has 0 bridgehead atoms. The highest BCUT2D eigenvalue weighted by Gasteiger charge is 2.09. The van der Waals surface area contributed by atoms with E-state index in [1.807, 2.05) is 0 Å². The molecular formula is C8H13Si. The second-order valence-corrected chi connectivity index (χ2v) is 5.75. The Balaban J connectivity index is 2.72. The fraction of sp³-hybridized carbons (Fsp3) is 0.500. The molecule has 0 heterocycles. The molecule has 0 unspecified atom stereocenters. The SMILES string of the molecule is CC1=[C]CC=C1[SiH](C)C. The van der Waals surface area contributed by atoms with Crippen molar-refractivity contribution >= 4 is 8.80 Å². The van der Waals surface area contributed by atoms with Crippen LogP contribution in [-0.2, 0) is 0 Å². The minimum Gasteiger partial charge on any atom is -0.0809 e. The molecule has 1 heteroatoms. The monoisotopic (exact) mass is 137 g/mol. The molecule has 0 aromatic heterocycles. The smallest absolute Gasteiger partial charge is 0.0646 e. The summed E-state index contributed by atoms with van der Waals surface area (Å²) in [7, 11) is -0.519. The summed E-state index contributed by atoms with van der Waals surface area (Å²) in [5, 5.41) is 1.62. The van der Waals surface area contributed by atoms with Crippen molar-refractivity contribution in [3.8, 4) is 0 Å². The van der Waals surface area contributed by atoms with Crippen LogP contribution < -0.4 is 0 Å². The van der Waals surface area contributed by atoms with Gasteiger partial charge in [-0.1, -0.05) is 24.4 Å². The van der Waals surface area contributed by atoms with Gasteiger partial charge in [0.2, 0.25) is 0 Å². The maximum absolute atomic E-state index is 3.31. The first-order valence-corrected chi connectivity index (χ1v) is 6.38. The van der Waals surface area contributed by atoms with Gasteiger partial charge in [0, 0.05) is 0 Å². The van der Waals surface area contributed by atoms with Crippen LogP contribution in [0.1, 0.15) is 13.3 Å². The van der Waals surface area contributed by atoms with Crippen molar-refractivity contribution in [1.29, 1.82) is 0 Å². The number of rotatable bonds is 1.